The smallest absolute Gasteiger partial charge is 0.416 e. The van der Waals surface area contributed by atoms with E-state index in [0.29, 0.717) is 22.9 Å². The van der Waals surface area contributed by atoms with Gasteiger partial charge in [0.25, 0.3) is 5.91 Å². The van der Waals surface area contributed by atoms with E-state index in [4.69, 9.17) is 13.9 Å². The lowest BCUT2D eigenvalue weighted by atomic mass is 9.79. The number of nitrogens with zero attached hydrogens (tertiary/aromatic N) is 1. The van der Waals surface area contributed by atoms with Crippen LogP contribution in [0.5, 0.6) is 11.5 Å². The highest BCUT2D eigenvalue weighted by Crippen LogP contribution is 2.47. The number of ether oxygens (including phenoxy) is 2. The van der Waals surface area contributed by atoms with Gasteiger partial charge in [-0.1, -0.05) is 12.1 Å². The molecule has 1 aromatic heterocycles. The number of hydrogen-bond acceptors (Lipinski definition) is 5. The maximum Gasteiger partial charge on any atom is 0.416 e. The highest BCUT2D eigenvalue weighted by molar-refractivity contribution is 6.16. The largest absolute Gasteiger partial charge is 0.497 e. The van der Waals surface area contributed by atoms with Crippen molar-refractivity contribution in [3.63, 3.8) is 0 Å². The van der Waals surface area contributed by atoms with Crippen LogP contribution in [-0.4, -0.2) is 26.0 Å². The average Bonchev–Trinajstić information content (AvgIpc) is 3.42. The summed E-state index contributed by atoms with van der Waals surface area (Å²) in [7, 11) is 3.03. The number of nitrogens with one attached hydrogen (secondary N) is 1. The number of anilines is 2. The van der Waals surface area contributed by atoms with Gasteiger partial charge in [0.15, 0.2) is 5.54 Å². The fraction of sp³-hybridized carbons (Fsp3) is 0.172. The first kappa shape index (κ1) is 25.9. The zero-order valence-corrected chi connectivity index (χ0v) is 20.9. The Bertz CT molecular complexity index is 1510. The second-order valence-corrected chi connectivity index (χ2v) is 8.89. The molecule has 39 heavy (non-hydrogen) atoms. The number of methoxy groups -OCH3 is 2. The highest BCUT2D eigenvalue weighted by Gasteiger charge is 2.60. The Morgan fingerprint density at radius 3 is 2.15 bits per heavy atom. The molecule has 10 heteroatoms. The monoisotopic (exact) mass is 536 g/mol. The van der Waals surface area contributed by atoms with Gasteiger partial charge in [-0.05, 0) is 72.8 Å². The summed E-state index contributed by atoms with van der Waals surface area (Å²) in [6.45, 7) is 0. The molecular weight excluding hydrogens is 513 g/mol. The molecule has 4 aromatic rings. The first-order chi connectivity index (χ1) is 18.7. The van der Waals surface area contributed by atoms with Gasteiger partial charge in [0.2, 0.25) is 5.91 Å². The van der Waals surface area contributed by atoms with Crippen molar-refractivity contribution in [3.05, 3.63) is 96.3 Å². The Balaban J connectivity index is 1.57. The lowest BCUT2D eigenvalue weighted by Gasteiger charge is -2.49. The number of amides is 2. The van der Waals surface area contributed by atoms with Crippen LogP contribution in [0.25, 0.3) is 11.3 Å². The predicted octanol–water partition coefficient (Wildman–Crippen LogP) is 6.25. The molecule has 3 aromatic carbocycles. The molecule has 1 aliphatic heterocycles. The van der Waals surface area contributed by atoms with Crippen molar-refractivity contribution in [2.75, 3.05) is 24.4 Å². The van der Waals surface area contributed by atoms with Gasteiger partial charge in [0, 0.05) is 16.9 Å². The summed E-state index contributed by atoms with van der Waals surface area (Å²) in [5, 5.41) is 2.83. The van der Waals surface area contributed by atoms with Crippen LogP contribution in [0.1, 0.15) is 17.7 Å². The minimum Gasteiger partial charge on any atom is -0.497 e. The second kappa shape index (κ2) is 9.86. The van der Waals surface area contributed by atoms with Gasteiger partial charge < -0.3 is 19.2 Å². The van der Waals surface area contributed by atoms with Gasteiger partial charge in [0.1, 0.15) is 23.0 Å². The van der Waals surface area contributed by atoms with E-state index in [9.17, 15) is 22.8 Å². The molecule has 1 atom stereocenters. The number of halogens is 3. The molecule has 0 saturated carbocycles. The van der Waals surface area contributed by atoms with Crippen molar-refractivity contribution < 1.29 is 36.7 Å². The van der Waals surface area contributed by atoms with Crippen LogP contribution in [0, 0.1) is 0 Å². The van der Waals surface area contributed by atoms with E-state index in [1.807, 2.05) is 0 Å². The summed E-state index contributed by atoms with van der Waals surface area (Å²) < 4.78 is 56.3. The SMILES string of the molecule is COc1ccc(NC(=O)C2(c3ccc(-c4cccc(C(F)(F)F)c4)o3)CC(=O)N2c2ccc(OC)cc2)cc1. The van der Waals surface area contributed by atoms with E-state index < -0.39 is 23.2 Å². The molecule has 7 nitrogen and oxygen atoms in total. The molecular formula is C29H23F3N2O5. The summed E-state index contributed by atoms with van der Waals surface area (Å²) >= 11 is 0. The van der Waals surface area contributed by atoms with E-state index in [1.54, 1.807) is 48.5 Å². The van der Waals surface area contributed by atoms with E-state index >= 15 is 0 Å². The number of benzene rings is 3. The van der Waals surface area contributed by atoms with Crippen molar-refractivity contribution >= 4 is 23.2 Å². The number of rotatable bonds is 7. The molecule has 1 fully saturated rings. The van der Waals surface area contributed by atoms with E-state index in [1.165, 1.54) is 43.4 Å². The molecule has 0 bridgehead atoms. The zero-order valence-electron chi connectivity index (χ0n) is 20.9. The van der Waals surface area contributed by atoms with Gasteiger partial charge in [0.05, 0.1) is 26.2 Å². The topological polar surface area (TPSA) is 81.0 Å². The Morgan fingerprint density at radius 2 is 1.56 bits per heavy atom. The fourth-order valence-corrected chi connectivity index (χ4v) is 4.56. The minimum absolute atomic E-state index is 0.108. The van der Waals surface area contributed by atoms with Gasteiger partial charge in [-0.25, -0.2) is 0 Å². The van der Waals surface area contributed by atoms with Crippen LogP contribution in [0.4, 0.5) is 24.5 Å². The molecule has 1 saturated heterocycles. The third-order valence-electron chi connectivity index (χ3n) is 6.58. The standard InChI is InChI=1S/C29H23F3N2O5/c1-37-22-10-6-20(7-11-22)33-27(36)28(17-26(35)34(28)21-8-12-23(38-2)13-9-21)25-15-14-24(39-25)18-4-3-5-19(16-18)29(30,31)32/h3-16H,17H2,1-2H3,(H,33,36). The normalized spacial score (nSPS) is 16.9. The van der Waals surface area contributed by atoms with Crippen molar-refractivity contribution in [3.8, 4) is 22.8 Å². The number of furan rings is 1. The molecule has 1 unspecified atom stereocenters. The van der Waals surface area contributed by atoms with Crippen molar-refractivity contribution in [1.82, 2.24) is 0 Å². The summed E-state index contributed by atoms with van der Waals surface area (Å²) in [5.74, 6) is 0.510. The van der Waals surface area contributed by atoms with Crippen molar-refractivity contribution in [1.29, 1.82) is 0 Å². The van der Waals surface area contributed by atoms with E-state index in [0.717, 1.165) is 12.1 Å². The van der Waals surface area contributed by atoms with Crippen LogP contribution in [-0.2, 0) is 21.3 Å². The zero-order chi connectivity index (χ0) is 27.8. The molecule has 0 spiro atoms. The third kappa shape index (κ3) is 4.69. The lowest BCUT2D eigenvalue weighted by molar-refractivity contribution is -0.138. The summed E-state index contributed by atoms with van der Waals surface area (Å²) in [6, 6.07) is 20.9. The average molecular weight is 537 g/mol. The molecule has 1 N–H and O–H groups in total. The minimum atomic E-state index is -4.53. The van der Waals surface area contributed by atoms with Gasteiger partial charge in [-0.3, -0.25) is 14.5 Å². The third-order valence-corrected chi connectivity index (χ3v) is 6.58. The molecule has 5 rings (SSSR count). The number of β-lactam (4-membered cyclic amide) rings is 1. The fourth-order valence-electron chi connectivity index (χ4n) is 4.56. The van der Waals surface area contributed by atoms with Crippen LogP contribution < -0.4 is 19.7 Å². The van der Waals surface area contributed by atoms with Gasteiger partial charge >= 0.3 is 6.18 Å². The van der Waals surface area contributed by atoms with Crippen LogP contribution >= 0.6 is 0 Å². The molecule has 2 heterocycles. The maximum absolute atomic E-state index is 13.9. The van der Waals surface area contributed by atoms with E-state index in [2.05, 4.69) is 5.32 Å². The summed E-state index contributed by atoms with van der Waals surface area (Å²) in [4.78, 5) is 28.2. The first-order valence-corrected chi connectivity index (χ1v) is 11.9. The number of carbonyl (C=O) groups is 2. The Labute approximate surface area is 221 Å². The maximum atomic E-state index is 13.9. The Hall–Kier alpha value is -4.73. The molecule has 0 radical (unpaired) electrons. The molecule has 2 amide bonds. The van der Waals surface area contributed by atoms with Crippen LogP contribution in [0.15, 0.2) is 89.3 Å². The van der Waals surface area contributed by atoms with Gasteiger partial charge in [-0.2, -0.15) is 13.2 Å². The number of hydrogen-bond donors (Lipinski definition) is 1. The van der Waals surface area contributed by atoms with Crippen LogP contribution in [0.2, 0.25) is 0 Å². The second-order valence-electron chi connectivity index (χ2n) is 8.89. The van der Waals surface area contributed by atoms with Crippen molar-refractivity contribution in [2.45, 2.75) is 18.1 Å². The Morgan fingerprint density at radius 1 is 0.923 bits per heavy atom. The number of carbonyl (C=O) groups excluding carboxylic acids is 2. The highest BCUT2D eigenvalue weighted by atomic mass is 19.4. The lowest BCUT2D eigenvalue weighted by Crippen LogP contribution is -2.67. The van der Waals surface area contributed by atoms with Gasteiger partial charge in [-0.15, -0.1) is 0 Å². The summed E-state index contributed by atoms with van der Waals surface area (Å²) in [6.07, 6.45) is -4.74. The van der Waals surface area contributed by atoms with Crippen LogP contribution in [0.3, 0.4) is 0 Å². The Kier molecular flexibility index (Phi) is 6.55. The predicted molar refractivity (Wildman–Crippen MR) is 138 cm³/mol. The quantitative estimate of drug-likeness (QED) is 0.282. The number of alkyl halides is 3. The molecule has 1 aliphatic rings. The van der Waals surface area contributed by atoms with Crippen molar-refractivity contribution in [2.24, 2.45) is 0 Å². The first-order valence-electron chi connectivity index (χ1n) is 11.9. The molecule has 0 aliphatic carbocycles. The molecule has 200 valence electrons. The summed E-state index contributed by atoms with van der Waals surface area (Å²) in [5.41, 5.74) is -1.36. The van der Waals surface area contributed by atoms with E-state index in [-0.39, 0.29) is 29.4 Å².